The lowest BCUT2D eigenvalue weighted by atomic mass is 10.3. The van der Waals surface area contributed by atoms with Gasteiger partial charge in [0.25, 0.3) is 5.22 Å². The van der Waals surface area contributed by atoms with Crippen LogP contribution in [0.25, 0.3) is 11.1 Å². The maximum absolute atomic E-state index is 12.6. The molecule has 0 N–H and O–H groups in total. The molecule has 0 unspecified atom stereocenters. The number of para-hydroxylation sites is 2. The summed E-state index contributed by atoms with van der Waals surface area (Å²) in [6.45, 7) is 0. The van der Waals surface area contributed by atoms with E-state index in [0.29, 0.717) is 16.5 Å². The number of fused-ring (bicyclic) bond motifs is 1. The number of hydrogen-bond donors (Lipinski definition) is 0. The molecule has 1 atom stereocenters. The van der Waals surface area contributed by atoms with Crippen LogP contribution in [0.4, 0.5) is 5.69 Å². The highest BCUT2D eigenvalue weighted by atomic mass is 79.9. The van der Waals surface area contributed by atoms with Crippen molar-refractivity contribution in [1.82, 2.24) is 4.98 Å². The number of benzene rings is 2. The lowest BCUT2D eigenvalue weighted by Crippen LogP contribution is -2.31. The quantitative estimate of drug-likeness (QED) is 0.619. The maximum atomic E-state index is 12.6. The molecular formula is C17H11BrN2O3S. The standard InChI is InChI=1S/C17H11BrN2O3S/c18-10-5-7-11(8-6-10)20-15(21)9-14(16(20)22)24-17-19-12-3-1-2-4-13(12)23-17/h1-8,14H,9H2/t14-/m1/s1. The molecule has 120 valence electrons. The summed E-state index contributed by atoms with van der Waals surface area (Å²) in [5.74, 6) is -0.453. The minimum atomic E-state index is -0.519. The van der Waals surface area contributed by atoms with Crippen LogP contribution in [0.2, 0.25) is 0 Å². The highest BCUT2D eigenvalue weighted by Gasteiger charge is 2.41. The minimum absolute atomic E-state index is 0.137. The molecule has 5 nitrogen and oxygen atoms in total. The van der Waals surface area contributed by atoms with Gasteiger partial charge >= 0.3 is 0 Å². The van der Waals surface area contributed by atoms with E-state index in [9.17, 15) is 9.59 Å². The highest BCUT2D eigenvalue weighted by molar-refractivity contribution is 9.10. The van der Waals surface area contributed by atoms with Crippen LogP contribution in [0.15, 0.2) is 62.6 Å². The predicted molar refractivity (Wildman–Crippen MR) is 94.9 cm³/mol. The number of nitrogens with zero attached hydrogens (tertiary/aromatic N) is 2. The summed E-state index contributed by atoms with van der Waals surface area (Å²) in [5, 5.41) is -0.116. The van der Waals surface area contributed by atoms with Crippen molar-refractivity contribution in [3.8, 4) is 0 Å². The molecule has 1 aliphatic heterocycles. The van der Waals surface area contributed by atoms with Gasteiger partial charge in [-0.2, -0.15) is 0 Å². The molecule has 0 spiro atoms. The summed E-state index contributed by atoms with van der Waals surface area (Å²) in [6.07, 6.45) is 0.137. The monoisotopic (exact) mass is 402 g/mol. The number of anilines is 1. The zero-order valence-corrected chi connectivity index (χ0v) is 14.7. The topological polar surface area (TPSA) is 63.4 Å². The van der Waals surface area contributed by atoms with E-state index in [2.05, 4.69) is 20.9 Å². The normalized spacial score (nSPS) is 17.9. The number of oxazole rings is 1. The van der Waals surface area contributed by atoms with Gasteiger partial charge in [0.05, 0.1) is 5.69 Å². The fraction of sp³-hybridized carbons (Fsp3) is 0.118. The largest absolute Gasteiger partial charge is 0.431 e. The Kier molecular flexibility index (Phi) is 3.90. The van der Waals surface area contributed by atoms with Crippen LogP contribution in [0.5, 0.6) is 0 Å². The van der Waals surface area contributed by atoms with E-state index >= 15 is 0 Å². The summed E-state index contributed by atoms with van der Waals surface area (Å²) >= 11 is 4.54. The molecule has 2 aromatic carbocycles. The second-order valence-electron chi connectivity index (χ2n) is 5.30. The fourth-order valence-corrected chi connectivity index (χ4v) is 3.81. The third-order valence-corrected chi connectivity index (χ3v) is 5.27. The molecule has 1 aliphatic rings. The van der Waals surface area contributed by atoms with Gasteiger partial charge in [0.2, 0.25) is 11.8 Å². The zero-order chi connectivity index (χ0) is 16.7. The van der Waals surface area contributed by atoms with Gasteiger partial charge in [-0.1, -0.05) is 39.8 Å². The average Bonchev–Trinajstić information content (AvgIpc) is 3.09. The Balaban J connectivity index is 1.57. The number of aromatic nitrogens is 1. The molecule has 0 bridgehead atoms. The predicted octanol–water partition coefficient (Wildman–Crippen LogP) is 4.01. The Morgan fingerprint density at radius 3 is 2.62 bits per heavy atom. The van der Waals surface area contributed by atoms with Crippen LogP contribution in [0.3, 0.4) is 0 Å². The number of halogens is 1. The Morgan fingerprint density at radius 2 is 1.88 bits per heavy atom. The van der Waals surface area contributed by atoms with Gasteiger partial charge in [-0.15, -0.1) is 0 Å². The van der Waals surface area contributed by atoms with Crippen molar-refractivity contribution in [2.75, 3.05) is 4.90 Å². The summed E-state index contributed by atoms with van der Waals surface area (Å²) < 4.78 is 6.53. The van der Waals surface area contributed by atoms with E-state index in [0.717, 1.165) is 9.99 Å². The van der Waals surface area contributed by atoms with E-state index in [1.807, 2.05) is 24.3 Å². The second-order valence-corrected chi connectivity index (χ2v) is 7.37. The van der Waals surface area contributed by atoms with Gasteiger partial charge < -0.3 is 4.42 Å². The average molecular weight is 403 g/mol. The van der Waals surface area contributed by atoms with Crippen molar-refractivity contribution in [2.24, 2.45) is 0 Å². The summed E-state index contributed by atoms with van der Waals surface area (Å²) in [7, 11) is 0. The van der Waals surface area contributed by atoms with Gasteiger partial charge in [0, 0.05) is 10.9 Å². The summed E-state index contributed by atoms with van der Waals surface area (Å²) in [4.78, 5) is 30.5. The summed E-state index contributed by atoms with van der Waals surface area (Å²) in [5.41, 5.74) is 1.98. The molecule has 2 amide bonds. The van der Waals surface area contributed by atoms with E-state index in [-0.39, 0.29) is 18.2 Å². The zero-order valence-electron chi connectivity index (χ0n) is 12.3. The van der Waals surface area contributed by atoms with Crippen LogP contribution >= 0.6 is 27.7 Å². The highest BCUT2D eigenvalue weighted by Crippen LogP contribution is 2.35. The molecule has 1 saturated heterocycles. The molecule has 0 radical (unpaired) electrons. The first-order chi connectivity index (χ1) is 11.6. The molecule has 0 saturated carbocycles. The van der Waals surface area contributed by atoms with Crippen LogP contribution < -0.4 is 4.90 Å². The first-order valence-corrected chi connectivity index (χ1v) is 8.94. The van der Waals surface area contributed by atoms with E-state index < -0.39 is 5.25 Å². The second kappa shape index (κ2) is 6.07. The van der Waals surface area contributed by atoms with E-state index in [1.54, 1.807) is 24.3 Å². The van der Waals surface area contributed by atoms with Crippen molar-refractivity contribution in [3.05, 3.63) is 53.0 Å². The Bertz CT molecular complexity index is 905. The third kappa shape index (κ3) is 2.74. The minimum Gasteiger partial charge on any atom is -0.431 e. The van der Waals surface area contributed by atoms with Gasteiger partial charge in [-0.3, -0.25) is 9.59 Å². The van der Waals surface area contributed by atoms with Gasteiger partial charge in [-0.25, -0.2) is 9.88 Å². The van der Waals surface area contributed by atoms with Crippen molar-refractivity contribution >= 4 is 56.3 Å². The maximum Gasteiger partial charge on any atom is 0.257 e. The molecule has 1 aromatic heterocycles. The molecule has 2 heterocycles. The van der Waals surface area contributed by atoms with Crippen molar-refractivity contribution < 1.29 is 14.0 Å². The molecule has 1 fully saturated rings. The first kappa shape index (κ1) is 15.4. The number of rotatable bonds is 3. The van der Waals surface area contributed by atoms with E-state index in [1.165, 1.54) is 16.7 Å². The van der Waals surface area contributed by atoms with Crippen molar-refractivity contribution in [1.29, 1.82) is 0 Å². The SMILES string of the molecule is O=C1C[C@@H](Sc2nc3ccccc3o2)C(=O)N1c1ccc(Br)cc1. The van der Waals surface area contributed by atoms with Crippen molar-refractivity contribution in [3.63, 3.8) is 0 Å². The molecule has 3 aromatic rings. The van der Waals surface area contributed by atoms with Crippen LogP contribution in [0.1, 0.15) is 6.42 Å². The molecule has 4 rings (SSSR count). The fourth-order valence-electron chi connectivity index (χ4n) is 2.58. The Morgan fingerprint density at radius 1 is 1.12 bits per heavy atom. The van der Waals surface area contributed by atoms with Gasteiger partial charge in [0.1, 0.15) is 10.8 Å². The Labute approximate surface area is 150 Å². The van der Waals surface area contributed by atoms with Crippen LogP contribution in [0, 0.1) is 0 Å². The molecule has 24 heavy (non-hydrogen) atoms. The molecule has 7 heteroatoms. The number of hydrogen-bond acceptors (Lipinski definition) is 5. The Hall–Kier alpha value is -2.12. The van der Waals surface area contributed by atoms with Crippen LogP contribution in [-0.2, 0) is 9.59 Å². The molecule has 0 aliphatic carbocycles. The lowest BCUT2D eigenvalue weighted by Gasteiger charge is -2.14. The number of thioether (sulfide) groups is 1. The van der Waals surface area contributed by atoms with E-state index in [4.69, 9.17) is 4.42 Å². The van der Waals surface area contributed by atoms with Gasteiger partial charge in [0.15, 0.2) is 5.58 Å². The van der Waals surface area contributed by atoms with Gasteiger partial charge in [-0.05, 0) is 36.4 Å². The number of amides is 2. The lowest BCUT2D eigenvalue weighted by molar-refractivity contribution is -0.121. The smallest absolute Gasteiger partial charge is 0.257 e. The third-order valence-electron chi connectivity index (χ3n) is 3.71. The summed E-state index contributed by atoms with van der Waals surface area (Å²) in [6, 6.07) is 14.5. The number of carbonyl (C=O) groups is 2. The van der Waals surface area contributed by atoms with Crippen LogP contribution in [-0.4, -0.2) is 22.0 Å². The number of carbonyl (C=O) groups excluding carboxylic acids is 2. The first-order valence-electron chi connectivity index (χ1n) is 7.26. The van der Waals surface area contributed by atoms with Crippen molar-refractivity contribution in [2.45, 2.75) is 16.9 Å². The molecular weight excluding hydrogens is 392 g/mol. The number of imide groups is 1.